The van der Waals surface area contributed by atoms with E-state index in [1.165, 1.54) is 0 Å². The number of carbonyl (C=O) groups excluding carboxylic acids is 2. The van der Waals surface area contributed by atoms with Crippen molar-refractivity contribution < 1.29 is 14.3 Å². The minimum Gasteiger partial charge on any atom is -0.446 e. The van der Waals surface area contributed by atoms with Gasteiger partial charge in [0, 0.05) is 32.4 Å². The third-order valence-corrected chi connectivity index (χ3v) is 3.24. The molecule has 1 rings (SSSR count). The number of nitrogens with zero attached hydrogens (tertiary/aromatic N) is 1. The van der Waals surface area contributed by atoms with Crippen molar-refractivity contribution in [1.29, 1.82) is 0 Å². The van der Waals surface area contributed by atoms with Crippen molar-refractivity contribution in [1.82, 2.24) is 4.90 Å². The molecule has 5 nitrogen and oxygen atoms in total. The lowest BCUT2D eigenvalue weighted by atomic mass is 9.79. The summed E-state index contributed by atoms with van der Waals surface area (Å²) < 4.78 is 5.05. The first kappa shape index (κ1) is 13.8. The van der Waals surface area contributed by atoms with Crippen molar-refractivity contribution in [2.45, 2.75) is 52.7 Å². The average Bonchev–Trinajstić information content (AvgIpc) is 2.14. The van der Waals surface area contributed by atoms with Gasteiger partial charge in [-0.25, -0.2) is 4.79 Å². The molecule has 0 aromatic heterocycles. The van der Waals surface area contributed by atoms with Crippen LogP contribution in [0, 0.1) is 5.41 Å². The highest BCUT2D eigenvalue weighted by Gasteiger charge is 2.38. The smallest absolute Gasteiger partial charge is 0.404 e. The Kier molecular flexibility index (Phi) is 4.01. The van der Waals surface area contributed by atoms with Gasteiger partial charge in [0.25, 0.3) is 0 Å². The van der Waals surface area contributed by atoms with Crippen LogP contribution >= 0.6 is 0 Å². The summed E-state index contributed by atoms with van der Waals surface area (Å²) in [6.45, 7) is 8.45. The Morgan fingerprint density at radius 2 is 1.94 bits per heavy atom. The van der Waals surface area contributed by atoms with Gasteiger partial charge < -0.3 is 15.4 Å². The van der Waals surface area contributed by atoms with Crippen LogP contribution in [0.5, 0.6) is 0 Å². The Balaban J connectivity index is 2.77. The summed E-state index contributed by atoms with van der Waals surface area (Å²) in [5, 5.41) is 0. The maximum Gasteiger partial charge on any atom is 0.404 e. The van der Waals surface area contributed by atoms with E-state index in [9.17, 15) is 9.59 Å². The van der Waals surface area contributed by atoms with Crippen molar-refractivity contribution >= 4 is 12.0 Å². The summed E-state index contributed by atoms with van der Waals surface area (Å²) in [4.78, 5) is 24.2. The normalized spacial score (nSPS) is 25.5. The Morgan fingerprint density at radius 1 is 1.35 bits per heavy atom. The Bertz CT molecular complexity index is 309. The zero-order chi connectivity index (χ0) is 13.2. The Morgan fingerprint density at radius 3 is 2.35 bits per heavy atom. The molecule has 1 aliphatic heterocycles. The van der Waals surface area contributed by atoms with E-state index in [0.29, 0.717) is 19.4 Å². The molecule has 2 unspecified atom stereocenters. The number of ether oxygens (including phenoxy) is 1. The van der Waals surface area contributed by atoms with Crippen molar-refractivity contribution in [2.24, 2.45) is 11.1 Å². The van der Waals surface area contributed by atoms with Crippen LogP contribution in [0.15, 0.2) is 0 Å². The topological polar surface area (TPSA) is 72.6 Å². The van der Waals surface area contributed by atoms with Crippen LogP contribution in [0.1, 0.15) is 40.5 Å². The zero-order valence-corrected chi connectivity index (χ0v) is 11.0. The lowest BCUT2D eigenvalue weighted by molar-refractivity contribution is -0.137. The molecule has 1 heterocycles. The second kappa shape index (κ2) is 4.94. The maximum atomic E-state index is 11.6. The number of hydrogen-bond donors (Lipinski definition) is 1. The molecule has 2 N–H and O–H groups in total. The molecule has 1 saturated heterocycles. The van der Waals surface area contributed by atoms with Gasteiger partial charge in [-0.3, -0.25) is 4.79 Å². The van der Waals surface area contributed by atoms with E-state index in [-0.39, 0.29) is 23.5 Å². The number of nitrogens with two attached hydrogens (primary N) is 1. The quantitative estimate of drug-likeness (QED) is 0.757. The highest BCUT2D eigenvalue weighted by Crippen LogP contribution is 2.33. The molecule has 0 bridgehead atoms. The fourth-order valence-corrected chi connectivity index (χ4v) is 2.40. The molecule has 0 aliphatic carbocycles. The van der Waals surface area contributed by atoms with E-state index in [2.05, 4.69) is 20.8 Å². The zero-order valence-electron chi connectivity index (χ0n) is 11.0. The number of hydrogen-bond acceptors (Lipinski definition) is 3. The summed E-state index contributed by atoms with van der Waals surface area (Å²) >= 11 is 0. The molecule has 2 amide bonds. The summed E-state index contributed by atoms with van der Waals surface area (Å²) in [6, 6.07) is 0.0816. The Hall–Kier alpha value is -1.26. The third-order valence-electron chi connectivity index (χ3n) is 3.24. The van der Waals surface area contributed by atoms with Crippen LogP contribution in [0.4, 0.5) is 4.79 Å². The summed E-state index contributed by atoms with van der Waals surface area (Å²) in [5.74, 6) is 0.0717. The van der Waals surface area contributed by atoms with Crippen molar-refractivity contribution in [3.63, 3.8) is 0 Å². The van der Waals surface area contributed by atoms with Crippen LogP contribution in [0.2, 0.25) is 0 Å². The van der Waals surface area contributed by atoms with Crippen LogP contribution in [0.3, 0.4) is 0 Å². The van der Waals surface area contributed by atoms with Gasteiger partial charge in [-0.1, -0.05) is 20.8 Å². The molecule has 5 heteroatoms. The largest absolute Gasteiger partial charge is 0.446 e. The fraction of sp³-hybridized carbons (Fsp3) is 0.833. The Labute approximate surface area is 102 Å². The van der Waals surface area contributed by atoms with E-state index >= 15 is 0 Å². The minimum atomic E-state index is -0.737. The molecule has 0 spiro atoms. The number of carbonyl (C=O) groups is 2. The second-order valence-electron chi connectivity index (χ2n) is 5.68. The van der Waals surface area contributed by atoms with E-state index in [1.807, 2.05) is 4.90 Å². The van der Waals surface area contributed by atoms with Gasteiger partial charge in [0.1, 0.15) is 6.10 Å². The molecular weight excluding hydrogens is 220 g/mol. The van der Waals surface area contributed by atoms with E-state index in [4.69, 9.17) is 10.5 Å². The molecule has 0 radical (unpaired) electrons. The maximum absolute atomic E-state index is 11.6. The van der Waals surface area contributed by atoms with Crippen LogP contribution in [0.25, 0.3) is 0 Å². The molecule has 1 aliphatic rings. The second-order valence-corrected chi connectivity index (χ2v) is 5.68. The molecule has 1 fully saturated rings. The minimum absolute atomic E-state index is 0.0364. The average molecular weight is 242 g/mol. The summed E-state index contributed by atoms with van der Waals surface area (Å²) in [7, 11) is 0. The highest BCUT2D eigenvalue weighted by molar-refractivity contribution is 5.74. The van der Waals surface area contributed by atoms with Gasteiger partial charge in [-0.15, -0.1) is 0 Å². The van der Waals surface area contributed by atoms with Crippen molar-refractivity contribution in [3.05, 3.63) is 0 Å². The first-order valence-corrected chi connectivity index (χ1v) is 5.95. The van der Waals surface area contributed by atoms with E-state index < -0.39 is 6.09 Å². The molecule has 0 aromatic carbocycles. The molecule has 2 atom stereocenters. The SMILES string of the molecule is CC(=O)N1CCC(OC(N)=O)CC1C(C)(C)C. The lowest BCUT2D eigenvalue weighted by Gasteiger charge is -2.45. The van der Waals surface area contributed by atoms with Crippen molar-refractivity contribution in [3.8, 4) is 0 Å². The van der Waals surface area contributed by atoms with Crippen LogP contribution in [-0.2, 0) is 9.53 Å². The standard InChI is InChI=1S/C12H22N2O3/c1-8(15)14-6-5-9(17-11(13)16)7-10(14)12(2,3)4/h9-10H,5-7H2,1-4H3,(H2,13,16). The number of primary amides is 1. The predicted molar refractivity (Wildman–Crippen MR) is 64.3 cm³/mol. The molecule has 98 valence electrons. The highest BCUT2D eigenvalue weighted by atomic mass is 16.6. The monoisotopic (exact) mass is 242 g/mol. The van der Waals surface area contributed by atoms with Gasteiger partial charge >= 0.3 is 6.09 Å². The third kappa shape index (κ3) is 3.61. The van der Waals surface area contributed by atoms with Gasteiger partial charge in [0.2, 0.25) is 5.91 Å². The van der Waals surface area contributed by atoms with Crippen molar-refractivity contribution in [2.75, 3.05) is 6.54 Å². The number of amides is 2. The molecule has 0 saturated carbocycles. The van der Waals surface area contributed by atoms with Gasteiger partial charge in [0.05, 0.1) is 0 Å². The van der Waals surface area contributed by atoms with Crippen LogP contribution in [-0.4, -0.2) is 35.6 Å². The van der Waals surface area contributed by atoms with E-state index in [1.54, 1.807) is 6.92 Å². The predicted octanol–water partition coefficient (Wildman–Crippen LogP) is 1.51. The van der Waals surface area contributed by atoms with Crippen LogP contribution < -0.4 is 5.73 Å². The molecule has 0 aromatic rings. The van der Waals surface area contributed by atoms with Gasteiger partial charge in [-0.05, 0) is 5.41 Å². The number of rotatable bonds is 1. The fourth-order valence-electron chi connectivity index (χ4n) is 2.40. The molecule has 17 heavy (non-hydrogen) atoms. The first-order valence-electron chi connectivity index (χ1n) is 5.95. The van der Waals surface area contributed by atoms with E-state index in [0.717, 1.165) is 0 Å². The lowest BCUT2D eigenvalue weighted by Crippen LogP contribution is -2.53. The first-order chi connectivity index (χ1) is 7.71. The van der Waals surface area contributed by atoms with Gasteiger partial charge in [-0.2, -0.15) is 0 Å². The number of likely N-dealkylation sites (tertiary alicyclic amines) is 1. The summed E-state index contributed by atoms with van der Waals surface area (Å²) in [5.41, 5.74) is 4.99. The number of piperidine rings is 1. The summed E-state index contributed by atoms with van der Waals surface area (Å²) in [6.07, 6.45) is 0.410. The molecular formula is C12H22N2O3. The van der Waals surface area contributed by atoms with Gasteiger partial charge in [0.15, 0.2) is 0 Å².